The fourth-order valence-corrected chi connectivity index (χ4v) is 8.86. The number of phosphoric ester groups is 1. The molecule has 0 radical (unpaired) electrons. The molecule has 3 unspecified atom stereocenters. The van der Waals surface area contributed by atoms with Gasteiger partial charge in [0.05, 0.1) is 39.9 Å². The Hall–Kier alpha value is -3.88. The summed E-state index contributed by atoms with van der Waals surface area (Å²) in [5.41, 5.74) is 0. The number of hydrogen-bond donors (Lipinski definition) is 2. The lowest BCUT2D eigenvalue weighted by molar-refractivity contribution is -0.870. The number of likely N-dealkylation sites (N-methyl/N-ethyl adjacent to an activating group) is 1. The monoisotopic (exact) mass is 1110 g/mol. The molecule has 0 saturated heterocycles. The molecule has 0 heterocycles. The predicted octanol–water partition coefficient (Wildman–Crippen LogP) is 19.2. The van der Waals surface area contributed by atoms with E-state index in [2.05, 4.69) is 165 Å². The number of aliphatic hydroxyl groups excluding tert-OH is 1. The quantitative estimate of drug-likeness (QED) is 0.0272. The number of carbonyl (C=O) groups is 1. The Labute approximate surface area is 486 Å². The van der Waals surface area contributed by atoms with Crippen LogP contribution in [0.25, 0.3) is 0 Å². The Morgan fingerprint density at radius 1 is 0.456 bits per heavy atom. The molecule has 0 fully saturated rings. The first-order valence-electron chi connectivity index (χ1n) is 31.3. The van der Waals surface area contributed by atoms with Crippen molar-refractivity contribution in [3.63, 3.8) is 0 Å². The Morgan fingerprint density at radius 3 is 1.13 bits per heavy atom. The maximum Gasteiger partial charge on any atom is 0.268 e. The van der Waals surface area contributed by atoms with Crippen molar-refractivity contribution in [1.29, 1.82) is 0 Å². The van der Waals surface area contributed by atoms with Gasteiger partial charge in [0.25, 0.3) is 7.82 Å². The van der Waals surface area contributed by atoms with Gasteiger partial charge in [0.2, 0.25) is 5.91 Å². The van der Waals surface area contributed by atoms with E-state index in [-0.39, 0.29) is 18.9 Å². The van der Waals surface area contributed by atoms with E-state index in [4.69, 9.17) is 9.05 Å². The van der Waals surface area contributed by atoms with Crippen LogP contribution in [0.1, 0.15) is 226 Å². The number of phosphoric acid groups is 1. The highest BCUT2D eigenvalue weighted by atomic mass is 31.2. The van der Waals surface area contributed by atoms with E-state index >= 15 is 0 Å². The molecule has 8 nitrogen and oxygen atoms in total. The van der Waals surface area contributed by atoms with Gasteiger partial charge in [-0.3, -0.25) is 9.36 Å². The van der Waals surface area contributed by atoms with Gasteiger partial charge in [0.1, 0.15) is 13.2 Å². The molecule has 0 aliphatic carbocycles. The number of nitrogens with zero attached hydrogens (tertiary/aromatic N) is 1. The van der Waals surface area contributed by atoms with Crippen LogP contribution in [0.4, 0.5) is 0 Å². The molecule has 0 bridgehead atoms. The third-order valence-corrected chi connectivity index (χ3v) is 14.0. The van der Waals surface area contributed by atoms with Crippen LogP contribution in [0.5, 0.6) is 0 Å². The minimum Gasteiger partial charge on any atom is -0.756 e. The van der Waals surface area contributed by atoms with Gasteiger partial charge in [-0.2, -0.15) is 0 Å². The zero-order valence-corrected chi connectivity index (χ0v) is 51.9. The van der Waals surface area contributed by atoms with Crippen LogP contribution in [0.2, 0.25) is 0 Å². The second-order valence-corrected chi connectivity index (χ2v) is 23.1. The first kappa shape index (κ1) is 75.1. The minimum absolute atomic E-state index is 0.0179. The third kappa shape index (κ3) is 61.6. The Kier molecular flexibility index (Phi) is 55.9. The molecular weight excluding hydrogens is 996 g/mol. The highest BCUT2D eigenvalue weighted by Crippen LogP contribution is 2.38. The van der Waals surface area contributed by atoms with Gasteiger partial charge in [0.15, 0.2) is 0 Å². The third-order valence-electron chi connectivity index (χ3n) is 13.0. The van der Waals surface area contributed by atoms with Crippen molar-refractivity contribution in [3.05, 3.63) is 158 Å². The number of nitrogens with one attached hydrogen (secondary N) is 1. The van der Waals surface area contributed by atoms with Crippen LogP contribution >= 0.6 is 7.82 Å². The summed E-state index contributed by atoms with van der Waals surface area (Å²) in [7, 11) is 1.21. The van der Waals surface area contributed by atoms with Crippen molar-refractivity contribution in [1.82, 2.24) is 5.32 Å². The molecule has 0 aromatic carbocycles. The summed E-state index contributed by atoms with van der Waals surface area (Å²) in [4.78, 5) is 25.5. The second kappa shape index (κ2) is 58.8. The van der Waals surface area contributed by atoms with Gasteiger partial charge >= 0.3 is 0 Å². The number of unbranched alkanes of at least 4 members (excludes halogenated alkanes) is 18. The lowest BCUT2D eigenvalue weighted by Gasteiger charge is -2.29. The zero-order valence-electron chi connectivity index (χ0n) is 51.0. The molecule has 79 heavy (non-hydrogen) atoms. The van der Waals surface area contributed by atoms with Crippen LogP contribution < -0.4 is 10.2 Å². The average Bonchev–Trinajstić information content (AvgIpc) is 3.42. The summed E-state index contributed by atoms with van der Waals surface area (Å²) in [6.45, 7) is 4.49. The predicted molar refractivity (Wildman–Crippen MR) is 343 cm³/mol. The second-order valence-electron chi connectivity index (χ2n) is 21.7. The molecule has 2 N–H and O–H groups in total. The van der Waals surface area contributed by atoms with Gasteiger partial charge < -0.3 is 28.8 Å². The number of amides is 1. The lowest BCUT2D eigenvalue weighted by atomic mass is 10.0. The Balaban J connectivity index is 4.28. The fourth-order valence-electron chi connectivity index (χ4n) is 8.13. The maximum absolute atomic E-state index is 13.0. The molecule has 1 amide bonds. The maximum atomic E-state index is 13.0. The SMILES string of the molecule is CC/C=C\C/C=C\C/C=C\C/C=C\C/C=C\C/C=C\C/C=C\C/C=C\C/C=C\C/C=C\C/C=C\C/C=C\CCCCC(=O)NC(COP(=O)([O-])OCC[N+](C)(C)C)C(O)/C=C/CCCCCCCCCCCCCCCCCC. The van der Waals surface area contributed by atoms with E-state index < -0.39 is 26.6 Å². The molecule has 0 aromatic heterocycles. The van der Waals surface area contributed by atoms with Crippen molar-refractivity contribution in [2.75, 3.05) is 40.9 Å². The molecule has 0 aliphatic rings. The van der Waals surface area contributed by atoms with Crippen LogP contribution in [0, 0.1) is 0 Å². The van der Waals surface area contributed by atoms with Crippen molar-refractivity contribution in [3.8, 4) is 0 Å². The van der Waals surface area contributed by atoms with Gasteiger partial charge in [-0.15, -0.1) is 0 Å². The number of quaternary nitrogens is 1. The molecule has 3 atom stereocenters. The number of hydrogen-bond acceptors (Lipinski definition) is 6. The first-order chi connectivity index (χ1) is 38.5. The summed E-state index contributed by atoms with van der Waals surface area (Å²) in [6.07, 6.45) is 91.9. The van der Waals surface area contributed by atoms with E-state index in [9.17, 15) is 19.4 Å². The van der Waals surface area contributed by atoms with Gasteiger partial charge in [-0.1, -0.05) is 268 Å². The van der Waals surface area contributed by atoms with Crippen molar-refractivity contribution >= 4 is 13.7 Å². The minimum atomic E-state index is -4.62. The lowest BCUT2D eigenvalue weighted by Crippen LogP contribution is -2.45. The fraction of sp³-hybridized carbons (Fsp3) is 0.614. The summed E-state index contributed by atoms with van der Waals surface area (Å²) in [5, 5.41) is 13.9. The van der Waals surface area contributed by atoms with Gasteiger partial charge in [-0.05, 0) is 109 Å². The normalized spacial score (nSPS) is 14.9. The van der Waals surface area contributed by atoms with Crippen molar-refractivity contribution in [2.24, 2.45) is 0 Å². The van der Waals surface area contributed by atoms with E-state index in [1.807, 2.05) is 27.2 Å². The van der Waals surface area contributed by atoms with E-state index in [0.717, 1.165) is 109 Å². The molecular formula is C70H117N2O6P. The summed E-state index contributed by atoms with van der Waals surface area (Å²) in [5.74, 6) is -0.245. The van der Waals surface area contributed by atoms with Gasteiger partial charge in [0, 0.05) is 6.42 Å². The Morgan fingerprint density at radius 2 is 0.772 bits per heavy atom. The van der Waals surface area contributed by atoms with Gasteiger partial charge in [-0.25, -0.2) is 0 Å². The standard InChI is InChI=1S/C70H117N2O6P/c1-6-8-10-12-14-16-18-20-22-24-26-27-28-29-30-31-32-33-34-35-36-37-38-39-40-41-42-43-44-45-46-48-50-52-54-56-58-60-62-64-70(74)71-68(67-78-79(75,76)77-66-65-72(3,4)5)69(73)63-61-59-57-55-53-51-49-47-25-23-21-19-17-15-13-11-9-7-2/h8,10,14,16,20,22,26-27,29-30,32-33,35-36,38-39,41-42,44-45,48,50,54,56,61,63,68-69,73H,6-7,9,11-13,15,17-19,21,23-25,28,31,34,37,40,43,46-47,49,51-53,55,57-60,62,64-67H2,1-5H3,(H-,71,74,75,76)/b10-8-,16-14-,22-20-,27-26-,30-29-,33-32-,36-35-,39-38-,42-41-,45-44-,50-48-,56-54-,63-61+. The smallest absolute Gasteiger partial charge is 0.268 e. The summed E-state index contributed by atoms with van der Waals surface area (Å²) >= 11 is 0. The van der Waals surface area contributed by atoms with E-state index in [1.54, 1.807) is 6.08 Å². The molecule has 448 valence electrons. The summed E-state index contributed by atoms with van der Waals surface area (Å²) in [6, 6.07) is -0.922. The number of carbonyl (C=O) groups excluding carboxylic acids is 1. The largest absolute Gasteiger partial charge is 0.756 e. The van der Waals surface area contributed by atoms with Crippen molar-refractivity contribution < 1.29 is 32.9 Å². The highest BCUT2D eigenvalue weighted by Gasteiger charge is 2.23. The topological polar surface area (TPSA) is 108 Å². The van der Waals surface area contributed by atoms with E-state index in [0.29, 0.717) is 17.4 Å². The van der Waals surface area contributed by atoms with Crippen LogP contribution in [-0.2, 0) is 18.4 Å². The average molecular weight is 1110 g/mol. The highest BCUT2D eigenvalue weighted by molar-refractivity contribution is 7.45. The van der Waals surface area contributed by atoms with Crippen LogP contribution in [-0.4, -0.2) is 68.5 Å². The van der Waals surface area contributed by atoms with Crippen molar-refractivity contribution in [2.45, 2.75) is 238 Å². The molecule has 0 aromatic rings. The molecule has 0 aliphatic heterocycles. The van der Waals surface area contributed by atoms with Crippen LogP contribution in [0.15, 0.2) is 158 Å². The number of aliphatic hydroxyl groups is 1. The Bertz CT molecular complexity index is 1840. The molecule has 0 saturated carbocycles. The number of allylic oxidation sites excluding steroid dienone is 25. The molecule has 0 spiro atoms. The first-order valence-corrected chi connectivity index (χ1v) is 32.8. The van der Waals surface area contributed by atoms with Crippen LogP contribution in [0.3, 0.4) is 0 Å². The summed E-state index contributed by atoms with van der Waals surface area (Å²) < 4.78 is 23.3. The molecule has 0 rings (SSSR count). The van der Waals surface area contributed by atoms with E-state index in [1.165, 1.54) is 89.9 Å². The zero-order chi connectivity index (χ0) is 57.7. The number of rotatable bonds is 55. The molecule has 9 heteroatoms.